The number of pyridine rings is 2. The first-order valence-electron chi connectivity index (χ1n) is 6.91. The Kier molecular flexibility index (Phi) is 4.69. The highest BCUT2D eigenvalue weighted by molar-refractivity contribution is 5.45. The van der Waals surface area contributed by atoms with Gasteiger partial charge in [0.1, 0.15) is 0 Å². The van der Waals surface area contributed by atoms with E-state index in [2.05, 4.69) is 21.8 Å². The SMILES string of the molecule is CCN(Cc1cccc(C)n1)c1ccc(C(C)O)nc1. The van der Waals surface area contributed by atoms with Crippen LogP contribution in [0.4, 0.5) is 5.69 Å². The standard InChI is InChI=1S/C16H21N3O/c1-4-19(11-14-7-5-6-12(2)18-14)15-8-9-16(13(3)20)17-10-15/h5-10,13,20H,4,11H2,1-3H3. The van der Waals surface area contributed by atoms with E-state index in [0.29, 0.717) is 5.69 Å². The van der Waals surface area contributed by atoms with Gasteiger partial charge in [-0.1, -0.05) is 6.07 Å². The zero-order valence-electron chi connectivity index (χ0n) is 12.2. The molecule has 2 heterocycles. The first kappa shape index (κ1) is 14.5. The first-order chi connectivity index (χ1) is 9.60. The molecule has 0 amide bonds. The Hall–Kier alpha value is -1.94. The highest BCUT2D eigenvalue weighted by Gasteiger charge is 2.08. The molecule has 1 N–H and O–H groups in total. The monoisotopic (exact) mass is 271 g/mol. The van der Waals surface area contributed by atoms with Gasteiger partial charge in [0.05, 0.1) is 35.9 Å². The topological polar surface area (TPSA) is 49.2 Å². The third-order valence-electron chi connectivity index (χ3n) is 3.24. The van der Waals surface area contributed by atoms with Gasteiger partial charge in [-0.2, -0.15) is 0 Å². The van der Waals surface area contributed by atoms with E-state index >= 15 is 0 Å². The minimum absolute atomic E-state index is 0.530. The number of aromatic nitrogens is 2. The molecule has 4 nitrogen and oxygen atoms in total. The molecular weight excluding hydrogens is 250 g/mol. The van der Waals surface area contributed by atoms with Crippen molar-refractivity contribution in [1.82, 2.24) is 9.97 Å². The maximum absolute atomic E-state index is 9.49. The van der Waals surface area contributed by atoms with E-state index < -0.39 is 6.10 Å². The van der Waals surface area contributed by atoms with Crippen molar-refractivity contribution in [3.8, 4) is 0 Å². The summed E-state index contributed by atoms with van der Waals surface area (Å²) in [5.74, 6) is 0. The summed E-state index contributed by atoms with van der Waals surface area (Å²) in [6, 6.07) is 9.92. The number of rotatable bonds is 5. The second-order valence-electron chi connectivity index (χ2n) is 4.90. The molecule has 0 fully saturated rings. The van der Waals surface area contributed by atoms with Crippen molar-refractivity contribution in [3.63, 3.8) is 0 Å². The number of anilines is 1. The van der Waals surface area contributed by atoms with Gasteiger partial charge in [-0.05, 0) is 45.0 Å². The number of hydrogen-bond donors (Lipinski definition) is 1. The third kappa shape index (κ3) is 3.54. The molecular formula is C16H21N3O. The number of nitrogens with zero attached hydrogens (tertiary/aromatic N) is 3. The fraction of sp³-hybridized carbons (Fsp3) is 0.375. The summed E-state index contributed by atoms with van der Waals surface area (Å²) >= 11 is 0. The van der Waals surface area contributed by atoms with E-state index in [-0.39, 0.29) is 0 Å². The smallest absolute Gasteiger partial charge is 0.0931 e. The van der Waals surface area contributed by atoms with Crippen molar-refractivity contribution >= 4 is 5.69 Å². The van der Waals surface area contributed by atoms with E-state index in [4.69, 9.17) is 0 Å². The quantitative estimate of drug-likeness (QED) is 0.908. The van der Waals surface area contributed by atoms with Gasteiger partial charge < -0.3 is 10.0 Å². The number of aliphatic hydroxyl groups excluding tert-OH is 1. The summed E-state index contributed by atoms with van der Waals surface area (Å²) in [7, 11) is 0. The lowest BCUT2D eigenvalue weighted by Crippen LogP contribution is -2.23. The maximum Gasteiger partial charge on any atom is 0.0931 e. The lowest BCUT2D eigenvalue weighted by atomic mass is 10.2. The fourth-order valence-electron chi connectivity index (χ4n) is 2.10. The van der Waals surface area contributed by atoms with Gasteiger partial charge >= 0.3 is 0 Å². The lowest BCUT2D eigenvalue weighted by molar-refractivity contribution is 0.194. The summed E-state index contributed by atoms with van der Waals surface area (Å²) < 4.78 is 0. The fourth-order valence-corrected chi connectivity index (χ4v) is 2.10. The number of aliphatic hydroxyl groups is 1. The van der Waals surface area contributed by atoms with Crippen molar-refractivity contribution in [2.45, 2.75) is 33.4 Å². The summed E-state index contributed by atoms with van der Waals surface area (Å²) in [4.78, 5) is 11.0. The molecule has 0 aliphatic rings. The summed E-state index contributed by atoms with van der Waals surface area (Å²) in [6.07, 6.45) is 1.28. The highest BCUT2D eigenvalue weighted by atomic mass is 16.3. The first-order valence-corrected chi connectivity index (χ1v) is 6.91. The van der Waals surface area contributed by atoms with Crippen molar-refractivity contribution in [2.75, 3.05) is 11.4 Å². The Labute approximate surface area is 120 Å². The van der Waals surface area contributed by atoms with Crippen LogP contribution in [0.3, 0.4) is 0 Å². The zero-order chi connectivity index (χ0) is 14.5. The summed E-state index contributed by atoms with van der Waals surface area (Å²) in [5.41, 5.74) is 3.81. The van der Waals surface area contributed by atoms with Crippen LogP contribution in [0.2, 0.25) is 0 Å². The van der Waals surface area contributed by atoms with Crippen LogP contribution in [0.15, 0.2) is 36.5 Å². The Morgan fingerprint density at radius 2 is 2.05 bits per heavy atom. The van der Waals surface area contributed by atoms with Crippen molar-refractivity contribution in [2.24, 2.45) is 0 Å². The van der Waals surface area contributed by atoms with Crippen LogP contribution in [-0.2, 0) is 6.54 Å². The van der Waals surface area contributed by atoms with E-state index in [1.807, 2.05) is 37.3 Å². The molecule has 2 rings (SSSR count). The average molecular weight is 271 g/mol. The number of hydrogen-bond acceptors (Lipinski definition) is 4. The third-order valence-corrected chi connectivity index (χ3v) is 3.24. The van der Waals surface area contributed by atoms with Gasteiger partial charge in [0.25, 0.3) is 0 Å². The Balaban J connectivity index is 2.15. The summed E-state index contributed by atoms with van der Waals surface area (Å²) in [5, 5.41) is 9.49. The van der Waals surface area contributed by atoms with Gasteiger partial charge in [-0.3, -0.25) is 9.97 Å². The van der Waals surface area contributed by atoms with Crippen LogP contribution in [-0.4, -0.2) is 21.6 Å². The average Bonchev–Trinajstić information content (AvgIpc) is 2.45. The Bertz CT molecular complexity index is 552. The second kappa shape index (κ2) is 6.48. The van der Waals surface area contributed by atoms with Crippen LogP contribution in [0.5, 0.6) is 0 Å². The minimum atomic E-state index is -0.530. The molecule has 0 saturated heterocycles. The molecule has 4 heteroatoms. The normalized spacial score (nSPS) is 12.2. The molecule has 0 radical (unpaired) electrons. The molecule has 106 valence electrons. The van der Waals surface area contributed by atoms with Gasteiger partial charge in [0, 0.05) is 12.2 Å². The van der Waals surface area contributed by atoms with Crippen LogP contribution in [0.25, 0.3) is 0 Å². The lowest BCUT2D eigenvalue weighted by Gasteiger charge is -2.22. The molecule has 0 spiro atoms. The molecule has 0 bridgehead atoms. The van der Waals surface area contributed by atoms with E-state index in [9.17, 15) is 5.11 Å². The molecule has 0 aliphatic heterocycles. The van der Waals surface area contributed by atoms with Crippen molar-refractivity contribution in [1.29, 1.82) is 0 Å². The number of aryl methyl sites for hydroxylation is 1. The van der Waals surface area contributed by atoms with E-state index in [1.54, 1.807) is 13.1 Å². The molecule has 1 unspecified atom stereocenters. The highest BCUT2D eigenvalue weighted by Crippen LogP contribution is 2.18. The Morgan fingerprint density at radius 1 is 1.25 bits per heavy atom. The molecule has 20 heavy (non-hydrogen) atoms. The van der Waals surface area contributed by atoms with Crippen molar-refractivity contribution < 1.29 is 5.11 Å². The molecule has 2 aromatic heterocycles. The van der Waals surface area contributed by atoms with Gasteiger partial charge in [0.15, 0.2) is 0 Å². The van der Waals surface area contributed by atoms with Crippen LogP contribution in [0.1, 0.15) is 37.0 Å². The molecule has 1 atom stereocenters. The zero-order valence-corrected chi connectivity index (χ0v) is 12.2. The van der Waals surface area contributed by atoms with Gasteiger partial charge in [-0.15, -0.1) is 0 Å². The second-order valence-corrected chi connectivity index (χ2v) is 4.90. The predicted molar refractivity (Wildman–Crippen MR) is 80.6 cm³/mol. The summed E-state index contributed by atoms with van der Waals surface area (Å²) in [6.45, 7) is 7.46. The predicted octanol–water partition coefficient (Wildman–Crippen LogP) is 2.86. The van der Waals surface area contributed by atoms with Crippen molar-refractivity contribution in [3.05, 3.63) is 53.6 Å². The van der Waals surface area contributed by atoms with Gasteiger partial charge in [-0.25, -0.2) is 0 Å². The Morgan fingerprint density at radius 3 is 2.60 bits per heavy atom. The molecule has 0 saturated carbocycles. The molecule has 2 aromatic rings. The van der Waals surface area contributed by atoms with E-state index in [0.717, 1.165) is 30.2 Å². The minimum Gasteiger partial charge on any atom is -0.387 e. The maximum atomic E-state index is 9.49. The van der Waals surface area contributed by atoms with E-state index in [1.165, 1.54) is 0 Å². The van der Waals surface area contributed by atoms with Crippen LogP contribution in [0, 0.1) is 6.92 Å². The van der Waals surface area contributed by atoms with Crippen LogP contribution < -0.4 is 4.90 Å². The molecule has 0 aliphatic carbocycles. The molecule has 0 aromatic carbocycles. The van der Waals surface area contributed by atoms with Crippen LogP contribution >= 0.6 is 0 Å². The van der Waals surface area contributed by atoms with Gasteiger partial charge in [0.2, 0.25) is 0 Å². The largest absolute Gasteiger partial charge is 0.387 e.